The maximum Gasteiger partial charge on any atom is 0.449 e. The van der Waals surface area contributed by atoms with Gasteiger partial charge in [0.05, 0.1) is 17.1 Å². The molecule has 0 aliphatic heterocycles. The first-order chi connectivity index (χ1) is 13.9. The molecule has 0 spiro atoms. The second-order valence-electron chi connectivity index (χ2n) is 7.24. The molecule has 1 aromatic heterocycles. The second kappa shape index (κ2) is 7.73. The number of carbonyl (C=O) groups excluding carboxylic acids is 1. The molecule has 2 N–H and O–H groups in total. The average Bonchev–Trinajstić information content (AvgIpc) is 3.35. The molecule has 29 heavy (non-hydrogen) atoms. The number of carbonyl (C=O) groups is 1. The van der Waals surface area contributed by atoms with Crippen molar-refractivity contribution in [2.75, 3.05) is 0 Å². The van der Waals surface area contributed by atoms with Crippen LogP contribution in [0.5, 0.6) is 0 Å². The molecule has 1 aliphatic carbocycles. The summed E-state index contributed by atoms with van der Waals surface area (Å²) < 4.78 is 38.9. The Kier molecular flexibility index (Phi) is 5.13. The molecule has 4 nitrogen and oxygen atoms in total. The fraction of sp³-hybridized carbons (Fsp3) is 0.273. The molecule has 150 valence electrons. The van der Waals surface area contributed by atoms with Gasteiger partial charge in [0.15, 0.2) is 0 Å². The number of rotatable bonds is 5. The normalized spacial score (nSPS) is 17.6. The van der Waals surface area contributed by atoms with E-state index in [4.69, 9.17) is 0 Å². The van der Waals surface area contributed by atoms with Gasteiger partial charge in [0.2, 0.25) is 11.7 Å². The summed E-state index contributed by atoms with van der Waals surface area (Å²) in [6.45, 7) is 0. The molecule has 0 saturated carbocycles. The van der Waals surface area contributed by atoms with Crippen LogP contribution in [0.3, 0.4) is 0 Å². The van der Waals surface area contributed by atoms with Crippen LogP contribution >= 0.6 is 0 Å². The van der Waals surface area contributed by atoms with Crippen molar-refractivity contribution >= 4 is 16.9 Å². The van der Waals surface area contributed by atoms with Crippen molar-refractivity contribution in [1.82, 2.24) is 15.3 Å². The molecular weight excluding hydrogens is 379 g/mol. The van der Waals surface area contributed by atoms with Gasteiger partial charge in [-0.25, -0.2) is 4.98 Å². The molecule has 0 radical (unpaired) electrons. The Morgan fingerprint density at radius 1 is 1.17 bits per heavy atom. The van der Waals surface area contributed by atoms with Crippen molar-refractivity contribution in [1.29, 1.82) is 0 Å². The predicted octanol–water partition coefficient (Wildman–Crippen LogP) is 5.14. The molecule has 1 aliphatic rings. The first kappa shape index (κ1) is 19.2. The summed E-state index contributed by atoms with van der Waals surface area (Å²) in [7, 11) is 0. The molecule has 0 fully saturated rings. The Hall–Kier alpha value is -3.09. The Labute approximate surface area is 165 Å². The summed E-state index contributed by atoms with van der Waals surface area (Å²) in [5.74, 6) is -0.884. The fourth-order valence-corrected chi connectivity index (χ4v) is 3.67. The van der Waals surface area contributed by atoms with Crippen molar-refractivity contribution in [3.05, 3.63) is 77.6 Å². The molecule has 3 aromatic rings. The summed E-state index contributed by atoms with van der Waals surface area (Å²) >= 11 is 0. The van der Waals surface area contributed by atoms with Gasteiger partial charge < -0.3 is 10.3 Å². The number of benzene rings is 2. The number of H-pyrrole nitrogens is 1. The lowest BCUT2D eigenvalue weighted by atomic mass is 9.97. The van der Waals surface area contributed by atoms with Gasteiger partial charge in [0.25, 0.3) is 0 Å². The van der Waals surface area contributed by atoms with Crippen LogP contribution in [0.1, 0.15) is 42.3 Å². The minimum atomic E-state index is -4.54. The number of amides is 1. The molecule has 7 heteroatoms. The van der Waals surface area contributed by atoms with E-state index in [2.05, 4.69) is 27.4 Å². The average molecular weight is 399 g/mol. The van der Waals surface area contributed by atoms with Crippen LogP contribution in [0.4, 0.5) is 13.2 Å². The van der Waals surface area contributed by atoms with Crippen molar-refractivity contribution < 1.29 is 18.0 Å². The van der Waals surface area contributed by atoms with Gasteiger partial charge in [-0.05, 0) is 42.0 Å². The van der Waals surface area contributed by atoms with Gasteiger partial charge in [-0.3, -0.25) is 4.79 Å². The van der Waals surface area contributed by atoms with Crippen molar-refractivity contribution in [2.24, 2.45) is 5.92 Å². The van der Waals surface area contributed by atoms with Crippen LogP contribution < -0.4 is 5.32 Å². The van der Waals surface area contributed by atoms with Crippen LogP contribution in [0.2, 0.25) is 0 Å². The van der Waals surface area contributed by atoms with Crippen LogP contribution in [-0.4, -0.2) is 15.9 Å². The van der Waals surface area contributed by atoms with E-state index in [0.717, 1.165) is 18.4 Å². The quantitative estimate of drug-likeness (QED) is 0.584. The summed E-state index contributed by atoms with van der Waals surface area (Å²) in [5.41, 5.74) is 2.06. The molecule has 2 atom stereocenters. The summed E-state index contributed by atoms with van der Waals surface area (Å²) in [6, 6.07) is 13.8. The third-order valence-corrected chi connectivity index (χ3v) is 5.11. The Balaban J connectivity index is 1.65. The SMILES string of the molecule is O=C(C[C@@H]1C=CCC1)N[C@@H](c1ccccc1)c1ccc2nc(C(F)(F)F)[nH]c2c1. The largest absolute Gasteiger partial charge is 0.449 e. The number of hydrogen-bond donors (Lipinski definition) is 2. The van der Waals surface area contributed by atoms with E-state index in [0.29, 0.717) is 12.0 Å². The van der Waals surface area contributed by atoms with Crippen LogP contribution in [-0.2, 0) is 11.0 Å². The van der Waals surface area contributed by atoms with E-state index in [9.17, 15) is 18.0 Å². The fourth-order valence-electron chi connectivity index (χ4n) is 3.67. The van der Waals surface area contributed by atoms with Crippen LogP contribution in [0.15, 0.2) is 60.7 Å². The predicted molar refractivity (Wildman–Crippen MR) is 104 cm³/mol. The number of nitrogens with zero attached hydrogens (tertiary/aromatic N) is 1. The third kappa shape index (κ3) is 4.34. The van der Waals surface area contributed by atoms with Gasteiger partial charge in [-0.15, -0.1) is 0 Å². The number of halogens is 3. The highest BCUT2D eigenvalue weighted by Crippen LogP contribution is 2.31. The number of aromatic amines is 1. The maximum atomic E-state index is 13.0. The number of alkyl halides is 3. The molecule has 0 unspecified atom stereocenters. The summed E-state index contributed by atoms with van der Waals surface area (Å²) in [4.78, 5) is 18.6. The minimum absolute atomic E-state index is 0.0870. The number of imidazole rings is 1. The van der Waals surface area contributed by atoms with Crippen LogP contribution in [0, 0.1) is 5.92 Å². The lowest BCUT2D eigenvalue weighted by molar-refractivity contribution is -0.144. The maximum absolute atomic E-state index is 13.0. The topological polar surface area (TPSA) is 57.8 Å². The van der Waals surface area contributed by atoms with E-state index < -0.39 is 18.0 Å². The highest BCUT2D eigenvalue weighted by atomic mass is 19.4. The first-order valence-corrected chi connectivity index (χ1v) is 9.48. The van der Waals surface area contributed by atoms with E-state index >= 15 is 0 Å². The highest BCUT2D eigenvalue weighted by Gasteiger charge is 2.34. The number of nitrogens with one attached hydrogen (secondary N) is 2. The zero-order chi connectivity index (χ0) is 20.4. The van der Waals surface area contributed by atoms with E-state index in [1.54, 1.807) is 12.1 Å². The zero-order valence-electron chi connectivity index (χ0n) is 15.5. The van der Waals surface area contributed by atoms with Crippen LogP contribution in [0.25, 0.3) is 11.0 Å². The Morgan fingerprint density at radius 3 is 2.66 bits per heavy atom. The van der Waals surface area contributed by atoms with E-state index in [1.807, 2.05) is 30.3 Å². The van der Waals surface area contributed by atoms with E-state index in [1.165, 1.54) is 6.07 Å². The summed E-state index contributed by atoms with van der Waals surface area (Å²) in [5, 5.41) is 3.05. The molecule has 1 heterocycles. The molecular formula is C22H20F3N3O. The van der Waals surface area contributed by atoms with Crippen molar-refractivity contribution in [3.63, 3.8) is 0 Å². The van der Waals surface area contributed by atoms with Gasteiger partial charge in [-0.1, -0.05) is 48.6 Å². The molecule has 4 rings (SSSR count). The van der Waals surface area contributed by atoms with E-state index in [-0.39, 0.29) is 22.9 Å². The molecule has 0 bridgehead atoms. The molecule has 0 saturated heterocycles. The first-order valence-electron chi connectivity index (χ1n) is 9.48. The van der Waals surface area contributed by atoms with Gasteiger partial charge in [0, 0.05) is 6.42 Å². The molecule has 2 aromatic carbocycles. The smallest absolute Gasteiger partial charge is 0.345 e. The highest BCUT2D eigenvalue weighted by molar-refractivity contribution is 5.79. The lowest BCUT2D eigenvalue weighted by Crippen LogP contribution is -2.30. The minimum Gasteiger partial charge on any atom is -0.345 e. The van der Waals surface area contributed by atoms with Gasteiger partial charge in [-0.2, -0.15) is 13.2 Å². The lowest BCUT2D eigenvalue weighted by Gasteiger charge is -2.21. The van der Waals surface area contributed by atoms with Gasteiger partial charge >= 0.3 is 6.18 Å². The third-order valence-electron chi connectivity index (χ3n) is 5.11. The van der Waals surface area contributed by atoms with Crippen molar-refractivity contribution in [2.45, 2.75) is 31.5 Å². The van der Waals surface area contributed by atoms with Gasteiger partial charge in [0.1, 0.15) is 0 Å². The number of allylic oxidation sites excluding steroid dienone is 2. The standard InChI is InChI=1S/C22H20F3N3O/c23-22(24,25)21-26-17-11-10-16(13-18(17)27-21)20(15-8-2-1-3-9-15)28-19(29)12-14-6-4-5-7-14/h1-4,6,8-11,13-14,20H,5,7,12H2,(H,26,27)(H,28,29)/t14-,20+/m1/s1. The second-order valence-corrected chi connectivity index (χ2v) is 7.24. The molecule has 1 amide bonds. The monoisotopic (exact) mass is 399 g/mol. The number of fused-ring (bicyclic) bond motifs is 1. The number of hydrogen-bond acceptors (Lipinski definition) is 2. The summed E-state index contributed by atoms with van der Waals surface area (Å²) in [6.07, 6.45) is 1.94. The zero-order valence-corrected chi connectivity index (χ0v) is 15.5. The Morgan fingerprint density at radius 2 is 1.97 bits per heavy atom. The Bertz CT molecular complexity index is 1040. The van der Waals surface area contributed by atoms with Crippen molar-refractivity contribution in [3.8, 4) is 0 Å². The number of aromatic nitrogens is 2.